The van der Waals surface area contributed by atoms with Gasteiger partial charge in [0.2, 0.25) is 5.43 Å². The van der Waals surface area contributed by atoms with Crippen LogP contribution in [0.25, 0.3) is 0 Å². The van der Waals surface area contributed by atoms with Crippen LogP contribution in [0, 0.1) is 5.82 Å². The predicted molar refractivity (Wildman–Crippen MR) is 118 cm³/mol. The first-order chi connectivity index (χ1) is 14.9. The molecular weight excluding hydrogens is 397 g/mol. The number of nitrogens with zero attached hydrogens (tertiary/aromatic N) is 2. The van der Waals surface area contributed by atoms with Crippen LogP contribution in [0.2, 0.25) is 0 Å². The van der Waals surface area contributed by atoms with Gasteiger partial charge in [-0.3, -0.25) is 14.4 Å². The number of halogens is 1. The van der Waals surface area contributed by atoms with E-state index in [-0.39, 0.29) is 29.6 Å². The molecule has 6 nitrogen and oxygen atoms in total. The van der Waals surface area contributed by atoms with Crippen LogP contribution in [-0.2, 0) is 6.54 Å². The molecule has 166 valence electrons. The van der Waals surface area contributed by atoms with Gasteiger partial charge in [0.25, 0.3) is 11.8 Å². The molecule has 1 aliphatic heterocycles. The van der Waals surface area contributed by atoms with Crippen molar-refractivity contribution in [3.63, 3.8) is 0 Å². The first kappa shape index (κ1) is 22.7. The molecule has 2 heterocycles. The van der Waals surface area contributed by atoms with Gasteiger partial charge in [0.05, 0.1) is 0 Å². The maximum atomic E-state index is 13.4. The summed E-state index contributed by atoms with van der Waals surface area (Å²) in [6, 6.07) is 5.93. The standard InChI is InChI=1S/C24H30FN3O3/c1-3-17(2)28-15-20(23(30)26-14-18-9-8-10-19(25)13-18)22(29)21(16-28)24(31)27-11-6-4-5-7-12-27/h8-10,13,15-17H,3-7,11-12,14H2,1-2H3,(H,26,30)/t17-/m0/s1. The molecule has 1 fully saturated rings. The number of hydrogen-bond acceptors (Lipinski definition) is 3. The van der Waals surface area contributed by atoms with Crippen molar-refractivity contribution in [1.29, 1.82) is 0 Å². The lowest BCUT2D eigenvalue weighted by molar-refractivity contribution is 0.0759. The van der Waals surface area contributed by atoms with Gasteiger partial charge < -0.3 is 14.8 Å². The molecule has 1 N–H and O–H groups in total. The molecule has 1 aliphatic rings. The van der Waals surface area contributed by atoms with E-state index in [1.54, 1.807) is 27.8 Å². The second-order valence-corrected chi connectivity index (χ2v) is 8.14. The van der Waals surface area contributed by atoms with Crippen molar-refractivity contribution in [1.82, 2.24) is 14.8 Å². The van der Waals surface area contributed by atoms with Crippen LogP contribution in [0.3, 0.4) is 0 Å². The molecule has 3 rings (SSSR count). The molecule has 0 saturated carbocycles. The number of pyridine rings is 1. The van der Waals surface area contributed by atoms with Gasteiger partial charge in [-0.1, -0.05) is 31.9 Å². The molecule has 2 amide bonds. The third-order valence-electron chi connectivity index (χ3n) is 5.86. The summed E-state index contributed by atoms with van der Waals surface area (Å²) < 4.78 is 15.2. The lowest BCUT2D eigenvalue weighted by Gasteiger charge is -2.22. The van der Waals surface area contributed by atoms with E-state index >= 15 is 0 Å². The Morgan fingerprint density at radius 2 is 1.77 bits per heavy atom. The topological polar surface area (TPSA) is 71.4 Å². The largest absolute Gasteiger partial charge is 0.350 e. The number of carbonyl (C=O) groups excluding carboxylic acids is 2. The molecule has 0 bridgehead atoms. The highest BCUT2D eigenvalue weighted by Crippen LogP contribution is 2.15. The number of carbonyl (C=O) groups is 2. The van der Waals surface area contributed by atoms with Gasteiger partial charge in [-0.25, -0.2) is 4.39 Å². The molecule has 1 aromatic carbocycles. The Hall–Kier alpha value is -2.96. The Balaban J connectivity index is 1.91. The van der Waals surface area contributed by atoms with E-state index in [1.807, 2.05) is 13.8 Å². The van der Waals surface area contributed by atoms with Crippen LogP contribution in [0.15, 0.2) is 41.5 Å². The summed E-state index contributed by atoms with van der Waals surface area (Å²) in [6.07, 6.45) is 7.85. The molecule has 1 saturated heterocycles. The van der Waals surface area contributed by atoms with Crippen molar-refractivity contribution in [2.45, 2.75) is 58.5 Å². The fourth-order valence-corrected chi connectivity index (χ4v) is 3.75. The summed E-state index contributed by atoms with van der Waals surface area (Å²) in [5.74, 6) is -1.28. The van der Waals surface area contributed by atoms with Crippen molar-refractivity contribution in [3.05, 3.63) is 69.4 Å². The summed E-state index contributed by atoms with van der Waals surface area (Å²) in [5, 5.41) is 2.68. The third-order valence-corrected chi connectivity index (χ3v) is 5.86. The van der Waals surface area contributed by atoms with Crippen LogP contribution in [0.4, 0.5) is 4.39 Å². The number of amides is 2. The lowest BCUT2D eigenvalue weighted by atomic mass is 10.1. The van der Waals surface area contributed by atoms with Gasteiger partial charge in [0.15, 0.2) is 0 Å². The number of aromatic nitrogens is 1. The Morgan fingerprint density at radius 3 is 2.42 bits per heavy atom. The van der Waals surface area contributed by atoms with Crippen molar-refractivity contribution in [2.24, 2.45) is 0 Å². The lowest BCUT2D eigenvalue weighted by Crippen LogP contribution is -2.38. The zero-order chi connectivity index (χ0) is 22.4. The summed E-state index contributed by atoms with van der Waals surface area (Å²) >= 11 is 0. The Morgan fingerprint density at radius 1 is 1.10 bits per heavy atom. The average molecular weight is 428 g/mol. The second kappa shape index (κ2) is 10.4. The number of likely N-dealkylation sites (tertiary alicyclic amines) is 1. The number of nitrogens with one attached hydrogen (secondary N) is 1. The Kier molecular flexibility index (Phi) is 7.60. The molecule has 2 aromatic rings. The van der Waals surface area contributed by atoms with Crippen molar-refractivity contribution in [3.8, 4) is 0 Å². The normalized spacial score (nSPS) is 15.3. The number of rotatable bonds is 6. The Labute approximate surface area is 182 Å². The first-order valence-electron chi connectivity index (χ1n) is 11.0. The van der Waals surface area contributed by atoms with E-state index in [1.165, 1.54) is 18.3 Å². The van der Waals surface area contributed by atoms with Gasteiger partial charge in [0.1, 0.15) is 16.9 Å². The van der Waals surface area contributed by atoms with Crippen LogP contribution in [0.5, 0.6) is 0 Å². The second-order valence-electron chi connectivity index (χ2n) is 8.14. The zero-order valence-electron chi connectivity index (χ0n) is 18.2. The minimum atomic E-state index is -0.572. The highest BCUT2D eigenvalue weighted by Gasteiger charge is 2.24. The highest BCUT2D eigenvalue weighted by atomic mass is 19.1. The molecular formula is C24H30FN3O3. The molecule has 0 radical (unpaired) electrons. The highest BCUT2D eigenvalue weighted by molar-refractivity contribution is 5.99. The maximum Gasteiger partial charge on any atom is 0.259 e. The summed E-state index contributed by atoms with van der Waals surface area (Å²) in [6.45, 7) is 5.31. The van der Waals surface area contributed by atoms with Crippen LogP contribution in [0.1, 0.15) is 78.3 Å². The van der Waals surface area contributed by atoms with Gasteiger partial charge >= 0.3 is 0 Å². The molecule has 31 heavy (non-hydrogen) atoms. The Bertz CT molecular complexity index is 994. The van der Waals surface area contributed by atoms with Crippen LogP contribution in [-0.4, -0.2) is 34.4 Å². The summed E-state index contributed by atoms with van der Waals surface area (Å²) in [5.41, 5.74) is -0.0177. The van der Waals surface area contributed by atoms with Crippen LogP contribution >= 0.6 is 0 Å². The quantitative estimate of drug-likeness (QED) is 0.760. The maximum absolute atomic E-state index is 13.4. The van der Waals surface area contributed by atoms with E-state index in [2.05, 4.69) is 5.32 Å². The molecule has 0 aliphatic carbocycles. The van der Waals surface area contributed by atoms with E-state index < -0.39 is 17.2 Å². The summed E-state index contributed by atoms with van der Waals surface area (Å²) in [7, 11) is 0. The van der Waals surface area contributed by atoms with Crippen LogP contribution < -0.4 is 10.7 Å². The SMILES string of the molecule is CC[C@H](C)n1cc(C(=O)NCc2cccc(F)c2)c(=O)c(C(=O)N2CCCCCC2)c1. The van der Waals surface area contributed by atoms with Gasteiger partial charge in [-0.15, -0.1) is 0 Å². The monoisotopic (exact) mass is 427 g/mol. The predicted octanol–water partition coefficient (Wildman–Crippen LogP) is 3.90. The van der Waals surface area contributed by atoms with Crippen molar-refractivity contribution >= 4 is 11.8 Å². The van der Waals surface area contributed by atoms with Gasteiger partial charge in [-0.2, -0.15) is 0 Å². The van der Waals surface area contributed by atoms with Gasteiger partial charge in [-0.05, 0) is 43.9 Å². The number of benzene rings is 1. The fourth-order valence-electron chi connectivity index (χ4n) is 3.75. The molecule has 1 atom stereocenters. The molecule has 0 unspecified atom stereocenters. The van der Waals surface area contributed by atoms with E-state index in [0.29, 0.717) is 18.7 Å². The van der Waals surface area contributed by atoms with Crippen molar-refractivity contribution < 1.29 is 14.0 Å². The minimum Gasteiger partial charge on any atom is -0.350 e. The molecule has 0 spiro atoms. The zero-order valence-corrected chi connectivity index (χ0v) is 18.2. The smallest absolute Gasteiger partial charge is 0.259 e. The fraction of sp³-hybridized carbons (Fsp3) is 0.458. The van der Waals surface area contributed by atoms with E-state index in [0.717, 1.165) is 32.1 Å². The summed E-state index contributed by atoms with van der Waals surface area (Å²) in [4.78, 5) is 40.9. The first-order valence-corrected chi connectivity index (χ1v) is 11.0. The third kappa shape index (κ3) is 5.60. The molecule has 1 aromatic heterocycles. The van der Waals surface area contributed by atoms with Crippen molar-refractivity contribution in [2.75, 3.05) is 13.1 Å². The number of hydrogen-bond donors (Lipinski definition) is 1. The van der Waals surface area contributed by atoms with Gasteiger partial charge in [0, 0.05) is 38.1 Å². The van der Waals surface area contributed by atoms with E-state index in [4.69, 9.17) is 0 Å². The average Bonchev–Trinajstić information content (AvgIpc) is 3.06. The molecule has 7 heteroatoms. The minimum absolute atomic E-state index is 0.0195. The van der Waals surface area contributed by atoms with E-state index in [9.17, 15) is 18.8 Å².